The number of esters is 1. The molecule has 8 nitrogen and oxygen atoms in total. The molecule has 8 heteroatoms. The summed E-state index contributed by atoms with van der Waals surface area (Å²) >= 11 is 0. The smallest absolute Gasteiger partial charge is 0.343 e. The lowest BCUT2D eigenvalue weighted by molar-refractivity contribution is -0.142. The Kier molecular flexibility index (Phi) is 5.61. The highest BCUT2D eigenvalue weighted by atomic mass is 16.6. The van der Waals surface area contributed by atoms with Gasteiger partial charge in [-0.2, -0.15) is 5.10 Å². The molecule has 3 aromatic carbocycles. The highest BCUT2D eigenvalue weighted by molar-refractivity contribution is 6.26. The molecule has 0 bridgehead atoms. The molecular weight excluding hydrogens is 398 g/mol. The summed E-state index contributed by atoms with van der Waals surface area (Å²) in [6, 6.07) is 18.0. The number of nitrogens with zero attached hydrogens (tertiary/aromatic N) is 2. The number of carbonyl (C=O) groups excluding carboxylic acids is 3. The van der Waals surface area contributed by atoms with E-state index < -0.39 is 11.9 Å². The number of methoxy groups -OCH3 is 1. The number of carbonyl (C=O) groups is 3. The van der Waals surface area contributed by atoms with Gasteiger partial charge < -0.3 is 9.47 Å². The Morgan fingerprint density at radius 1 is 1.10 bits per heavy atom. The van der Waals surface area contributed by atoms with E-state index in [-0.39, 0.29) is 19.1 Å². The van der Waals surface area contributed by atoms with E-state index in [4.69, 9.17) is 4.74 Å². The van der Waals surface area contributed by atoms with Crippen molar-refractivity contribution in [3.05, 3.63) is 71.8 Å². The molecule has 3 aromatic rings. The van der Waals surface area contributed by atoms with E-state index in [1.54, 1.807) is 30.3 Å². The number of rotatable bonds is 7. The van der Waals surface area contributed by atoms with Crippen molar-refractivity contribution >= 4 is 40.5 Å². The minimum absolute atomic E-state index is 0.147. The Hall–Kier alpha value is -4.20. The van der Waals surface area contributed by atoms with Crippen LogP contribution in [0.15, 0.2) is 65.8 Å². The van der Waals surface area contributed by atoms with Crippen molar-refractivity contribution < 1.29 is 23.9 Å². The zero-order chi connectivity index (χ0) is 21.8. The van der Waals surface area contributed by atoms with Crippen LogP contribution < -0.4 is 15.1 Å². The summed E-state index contributed by atoms with van der Waals surface area (Å²) in [6.45, 7) is -0.348. The number of hydrogen-bond donors (Lipinski definition) is 1. The van der Waals surface area contributed by atoms with Gasteiger partial charge in [0.15, 0.2) is 6.61 Å². The molecule has 0 unspecified atom stereocenters. The number of hydrazone groups is 1. The molecule has 1 aliphatic rings. The molecule has 156 valence electrons. The molecule has 0 aliphatic carbocycles. The van der Waals surface area contributed by atoms with Crippen LogP contribution in [0.5, 0.6) is 5.75 Å². The van der Waals surface area contributed by atoms with Crippen molar-refractivity contribution in [2.45, 2.75) is 0 Å². The zero-order valence-electron chi connectivity index (χ0n) is 16.7. The highest BCUT2D eigenvalue weighted by Gasteiger charge is 2.30. The molecule has 0 aromatic heterocycles. The highest BCUT2D eigenvalue weighted by Crippen LogP contribution is 2.36. The predicted octanol–water partition coefficient (Wildman–Crippen LogP) is 2.50. The average Bonchev–Trinajstić information content (AvgIpc) is 3.06. The summed E-state index contributed by atoms with van der Waals surface area (Å²) in [5.74, 6) is -0.649. The summed E-state index contributed by atoms with van der Waals surface area (Å²) < 4.78 is 9.85. The first kappa shape index (κ1) is 20.1. The Morgan fingerprint density at radius 3 is 2.68 bits per heavy atom. The van der Waals surface area contributed by atoms with Gasteiger partial charge in [-0.3, -0.25) is 14.5 Å². The topological polar surface area (TPSA) is 97.3 Å². The molecule has 31 heavy (non-hydrogen) atoms. The van der Waals surface area contributed by atoms with Crippen LogP contribution in [-0.4, -0.2) is 44.3 Å². The summed E-state index contributed by atoms with van der Waals surface area (Å²) in [5, 5.41) is 5.76. The van der Waals surface area contributed by atoms with Gasteiger partial charge in [-0.15, -0.1) is 0 Å². The minimum Gasteiger partial charge on any atom is -0.482 e. The standard InChI is InChI=1S/C23H19N3O5/c1-30-21(28)14-31-17-8-2-5-15(11-17)12-24-25-20(27)13-26-19-10-4-7-16-6-3-9-18(22(16)19)23(26)29/h2-12H,13-14H2,1H3,(H,25,27)/b24-12+. The molecule has 0 saturated heterocycles. The molecule has 0 saturated carbocycles. The van der Waals surface area contributed by atoms with E-state index in [1.165, 1.54) is 18.2 Å². The third-order valence-corrected chi connectivity index (χ3v) is 4.80. The van der Waals surface area contributed by atoms with Gasteiger partial charge in [-0.05, 0) is 35.2 Å². The molecule has 2 amide bonds. The minimum atomic E-state index is -0.486. The first-order valence-corrected chi connectivity index (χ1v) is 9.52. The maximum absolute atomic E-state index is 12.7. The zero-order valence-corrected chi connectivity index (χ0v) is 16.7. The molecular formula is C23H19N3O5. The Bertz CT molecular complexity index is 1200. The van der Waals surface area contributed by atoms with E-state index in [0.717, 1.165) is 10.8 Å². The predicted molar refractivity (Wildman–Crippen MR) is 115 cm³/mol. The van der Waals surface area contributed by atoms with Gasteiger partial charge in [0.1, 0.15) is 12.3 Å². The first-order chi connectivity index (χ1) is 15.1. The van der Waals surface area contributed by atoms with Crippen LogP contribution in [0.25, 0.3) is 10.8 Å². The molecule has 0 spiro atoms. The van der Waals surface area contributed by atoms with Gasteiger partial charge in [0.25, 0.3) is 11.8 Å². The number of ether oxygens (including phenoxy) is 2. The van der Waals surface area contributed by atoms with Crippen molar-refractivity contribution in [2.24, 2.45) is 5.10 Å². The van der Waals surface area contributed by atoms with Crippen LogP contribution in [0, 0.1) is 0 Å². The Labute approximate surface area is 178 Å². The lowest BCUT2D eigenvalue weighted by atomic mass is 10.1. The van der Waals surface area contributed by atoms with Crippen molar-refractivity contribution in [3.63, 3.8) is 0 Å². The van der Waals surface area contributed by atoms with Crippen LogP contribution in [0.4, 0.5) is 5.69 Å². The second-order valence-corrected chi connectivity index (χ2v) is 6.80. The fourth-order valence-corrected chi connectivity index (χ4v) is 3.38. The van der Waals surface area contributed by atoms with E-state index in [9.17, 15) is 14.4 Å². The molecule has 1 heterocycles. The van der Waals surface area contributed by atoms with Crippen molar-refractivity contribution in [2.75, 3.05) is 25.2 Å². The lowest BCUT2D eigenvalue weighted by Crippen LogP contribution is -2.37. The second-order valence-electron chi connectivity index (χ2n) is 6.80. The number of amides is 2. The Balaban J connectivity index is 1.38. The maximum atomic E-state index is 12.7. The number of nitrogens with one attached hydrogen (secondary N) is 1. The molecule has 4 rings (SSSR count). The summed E-state index contributed by atoms with van der Waals surface area (Å²) in [6.07, 6.45) is 1.45. The SMILES string of the molecule is COC(=O)COc1cccc(/C=N/NC(=O)CN2C(=O)c3cccc4cccc2c34)c1. The van der Waals surface area contributed by atoms with Crippen LogP contribution >= 0.6 is 0 Å². The quantitative estimate of drug-likeness (QED) is 0.362. The Morgan fingerprint density at radius 2 is 1.87 bits per heavy atom. The lowest BCUT2D eigenvalue weighted by Gasteiger charge is -2.16. The van der Waals surface area contributed by atoms with Crippen molar-refractivity contribution in [3.8, 4) is 5.75 Å². The van der Waals surface area contributed by atoms with Gasteiger partial charge in [-0.25, -0.2) is 10.2 Å². The van der Waals surface area contributed by atoms with E-state index in [2.05, 4.69) is 15.3 Å². The average molecular weight is 417 g/mol. The van der Waals surface area contributed by atoms with Crippen LogP contribution in [0.3, 0.4) is 0 Å². The summed E-state index contributed by atoms with van der Waals surface area (Å²) in [4.78, 5) is 37.7. The van der Waals surface area contributed by atoms with Crippen molar-refractivity contribution in [1.82, 2.24) is 5.43 Å². The van der Waals surface area contributed by atoms with Gasteiger partial charge >= 0.3 is 5.97 Å². The maximum Gasteiger partial charge on any atom is 0.343 e. The molecule has 1 aliphatic heterocycles. The van der Waals surface area contributed by atoms with Gasteiger partial charge in [0.05, 0.1) is 19.0 Å². The number of hydrogen-bond acceptors (Lipinski definition) is 6. The van der Waals surface area contributed by atoms with Crippen LogP contribution in [0.2, 0.25) is 0 Å². The van der Waals surface area contributed by atoms with Crippen molar-refractivity contribution in [1.29, 1.82) is 0 Å². The third kappa shape index (κ3) is 4.23. The van der Waals surface area contributed by atoms with Crippen LogP contribution in [0.1, 0.15) is 15.9 Å². The fourth-order valence-electron chi connectivity index (χ4n) is 3.38. The van der Waals surface area contributed by atoms with Crippen LogP contribution in [-0.2, 0) is 14.3 Å². The molecule has 0 radical (unpaired) electrons. The monoisotopic (exact) mass is 417 g/mol. The van der Waals surface area contributed by atoms with E-state index in [0.29, 0.717) is 22.6 Å². The summed E-state index contributed by atoms with van der Waals surface area (Å²) in [5.41, 5.74) is 4.41. The molecule has 0 atom stereocenters. The largest absolute Gasteiger partial charge is 0.482 e. The summed E-state index contributed by atoms with van der Waals surface area (Å²) in [7, 11) is 1.28. The van der Waals surface area contributed by atoms with Gasteiger partial charge in [0, 0.05) is 10.9 Å². The normalized spacial score (nSPS) is 12.4. The van der Waals surface area contributed by atoms with E-state index in [1.807, 2.05) is 30.3 Å². The van der Waals surface area contributed by atoms with Gasteiger partial charge in [0.2, 0.25) is 0 Å². The fraction of sp³-hybridized carbons (Fsp3) is 0.130. The molecule has 1 N–H and O–H groups in total. The first-order valence-electron chi connectivity index (χ1n) is 9.52. The third-order valence-electron chi connectivity index (χ3n) is 4.80. The van der Waals surface area contributed by atoms with E-state index >= 15 is 0 Å². The number of anilines is 1. The second kappa shape index (κ2) is 8.66. The number of benzene rings is 3. The molecule has 0 fully saturated rings. The van der Waals surface area contributed by atoms with Gasteiger partial charge in [-0.1, -0.05) is 36.4 Å².